The fraction of sp³-hybridized carbons (Fsp3) is 0.714. The van der Waals surface area contributed by atoms with Gasteiger partial charge in [0.1, 0.15) is 4.90 Å². The van der Waals surface area contributed by atoms with E-state index in [1.165, 1.54) is 23.1 Å². The van der Waals surface area contributed by atoms with Crippen LogP contribution in [-0.2, 0) is 10.0 Å². The molecule has 0 amide bonds. The van der Waals surface area contributed by atoms with Crippen molar-refractivity contribution < 1.29 is 8.42 Å². The van der Waals surface area contributed by atoms with Crippen molar-refractivity contribution in [2.24, 2.45) is 5.92 Å². The number of sulfonamides is 1. The maximum Gasteiger partial charge on any atom is 0.246 e. The molecule has 7 heteroatoms. The first-order valence-corrected chi connectivity index (χ1v) is 9.08. The summed E-state index contributed by atoms with van der Waals surface area (Å²) in [7, 11) is -3.48. The summed E-state index contributed by atoms with van der Waals surface area (Å²) in [6, 6.07) is 0. The first-order chi connectivity index (χ1) is 10.1. The second-order valence-corrected chi connectivity index (χ2v) is 7.36. The molecule has 0 aliphatic heterocycles. The molecule has 1 N–H and O–H groups in total. The van der Waals surface area contributed by atoms with Crippen molar-refractivity contribution in [3.8, 4) is 0 Å². The zero-order chi connectivity index (χ0) is 15.3. The highest BCUT2D eigenvalue weighted by Gasteiger charge is 2.28. The van der Waals surface area contributed by atoms with Crippen molar-refractivity contribution in [3.63, 3.8) is 0 Å². The number of aromatic nitrogens is 2. The van der Waals surface area contributed by atoms with Crippen molar-refractivity contribution in [1.82, 2.24) is 14.3 Å². The number of anilines is 1. The van der Waals surface area contributed by atoms with Crippen LogP contribution in [0.5, 0.6) is 0 Å². The number of hydrogen-bond donors (Lipinski definition) is 1. The minimum absolute atomic E-state index is 0.172. The van der Waals surface area contributed by atoms with Crippen LogP contribution in [0, 0.1) is 5.92 Å². The van der Waals surface area contributed by atoms with Gasteiger partial charge in [0.25, 0.3) is 0 Å². The van der Waals surface area contributed by atoms with Gasteiger partial charge in [-0.25, -0.2) is 18.4 Å². The average Bonchev–Trinajstić information content (AvgIpc) is 2.44. The second kappa shape index (κ2) is 7.17. The van der Waals surface area contributed by atoms with Gasteiger partial charge in [-0.1, -0.05) is 20.3 Å². The summed E-state index contributed by atoms with van der Waals surface area (Å²) in [6.45, 7) is 5.78. The standard InChI is InChI=1S/C14H24N4O2S/c1-3-8-15-14-16-9-13(10-17-14)21(19,20)18(4-2)11-12-6-5-7-12/h9-10,12H,3-8,11H2,1-2H3,(H,15,16,17). The summed E-state index contributed by atoms with van der Waals surface area (Å²) >= 11 is 0. The summed E-state index contributed by atoms with van der Waals surface area (Å²) in [5.41, 5.74) is 0. The molecule has 118 valence electrons. The van der Waals surface area contributed by atoms with Crippen molar-refractivity contribution >= 4 is 16.0 Å². The molecule has 1 aliphatic rings. The predicted molar refractivity (Wildman–Crippen MR) is 82.6 cm³/mol. The van der Waals surface area contributed by atoms with E-state index in [0.29, 0.717) is 25.0 Å². The second-order valence-electron chi connectivity index (χ2n) is 5.42. The maximum atomic E-state index is 12.6. The van der Waals surface area contributed by atoms with E-state index in [1.807, 2.05) is 13.8 Å². The lowest BCUT2D eigenvalue weighted by Gasteiger charge is -2.31. The molecule has 0 radical (unpaired) electrons. The summed E-state index contributed by atoms with van der Waals surface area (Å²) < 4.78 is 26.7. The summed E-state index contributed by atoms with van der Waals surface area (Å²) in [6.07, 6.45) is 7.22. The molecule has 1 aliphatic carbocycles. The van der Waals surface area contributed by atoms with E-state index in [-0.39, 0.29) is 4.90 Å². The quantitative estimate of drug-likeness (QED) is 0.795. The first-order valence-electron chi connectivity index (χ1n) is 7.64. The Bertz CT molecular complexity index is 541. The third kappa shape index (κ3) is 3.91. The molecular weight excluding hydrogens is 288 g/mol. The van der Waals surface area contributed by atoms with Crippen LogP contribution in [0.2, 0.25) is 0 Å². The molecule has 1 saturated carbocycles. The van der Waals surface area contributed by atoms with Crippen LogP contribution in [0.3, 0.4) is 0 Å². The fourth-order valence-electron chi connectivity index (χ4n) is 2.29. The van der Waals surface area contributed by atoms with Gasteiger partial charge >= 0.3 is 0 Å². The van der Waals surface area contributed by atoms with Crippen LogP contribution in [0.15, 0.2) is 17.3 Å². The van der Waals surface area contributed by atoms with E-state index in [0.717, 1.165) is 25.8 Å². The van der Waals surface area contributed by atoms with Crippen LogP contribution < -0.4 is 5.32 Å². The van der Waals surface area contributed by atoms with E-state index < -0.39 is 10.0 Å². The Labute approximate surface area is 127 Å². The Hall–Kier alpha value is -1.21. The fourth-order valence-corrected chi connectivity index (χ4v) is 3.70. The van der Waals surface area contributed by atoms with Crippen LogP contribution >= 0.6 is 0 Å². The largest absolute Gasteiger partial charge is 0.354 e. The smallest absolute Gasteiger partial charge is 0.246 e. The first kappa shape index (κ1) is 16.2. The summed E-state index contributed by atoms with van der Waals surface area (Å²) in [5, 5.41) is 3.04. The third-order valence-corrected chi connectivity index (χ3v) is 5.73. The lowest BCUT2D eigenvalue weighted by atomic mass is 9.85. The van der Waals surface area contributed by atoms with Gasteiger partial charge in [0.2, 0.25) is 16.0 Å². The highest BCUT2D eigenvalue weighted by molar-refractivity contribution is 7.89. The molecule has 0 unspecified atom stereocenters. The average molecular weight is 312 g/mol. The van der Waals surface area contributed by atoms with Gasteiger partial charge in [-0.15, -0.1) is 0 Å². The molecule has 1 fully saturated rings. The van der Waals surface area contributed by atoms with Gasteiger partial charge in [0, 0.05) is 19.6 Å². The monoisotopic (exact) mass is 312 g/mol. The highest BCUT2D eigenvalue weighted by Crippen LogP contribution is 2.28. The van der Waals surface area contributed by atoms with E-state index in [4.69, 9.17) is 0 Å². The summed E-state index contributed by atoms with van der Waals surface area (Å²) in [4.78, 5) is 8.34. The molecule has 21 heavy (non-hydrogen) atoms. The third-order valence-electron chi connectivity index (χ3n) is 3.84. The number of nitrogens with one attached hydrogen (secondary N) is 1. The minimum atomic E-state index is -3.48. The van der Waals surface area contributed by atoms with Crippen molar-refractivity contribution in [2.75, 3.05) is 25.0 Å². The minimum Gasteiger partial charge on any atom is -0.354 e. The lowest BCUT2D eigenvalue weighted by molar-refractivity contribution is 0.250. The van der Waals surface area contributed by atoms with Gasteiger partial charge in [-0.3, -0.25) is 0 Å². The van der Waals surface area contributed by atoms with Crippen LogP contribution in [0.4, 0.5) is 5.95 Å². The SMILES string of the molecule is CCCNc1ncc(S(=O)(=O)N(CC)CC2CCC2)cn1. The Morgan fingerprint density at radius 2 is 1.95 bits per heavy atom. The van der Waals surface area contributed by atoms with E-state index in [1.54, 1.807) is 0 Å². The highest BCUT2D eigenvalue weighted by atomic mass is 32.2. The zero-order valence-corrected chi connectivity index (χ0v) is 13.6. The molecule has 1 aromatic heterocycles. The normalized spacial score (nSPS) is 16.0. The molecule has 6 nitrogen and oxygen atoms in total. The van der Waals surface area contributed by atoms with Gasteiger partial charge in [0.05, 0.1) is 12.4 Å². The van der Waals surface area contributed by atoms with Crippen LogP contribution in [0.1, 0.15) is 39.5 Å². The predicted octanol–water partition coefficient (Wildman–Crippen LogP) is 2.11. The van der Waals surface area contributed by atoms with E-state index >= 15 is 0 Å². The molecule has 1 aromatic rings. The topological polar surface area (TPSA) is 75.2 Å². The van der Waals surface area contributed by atoms with Gasteiger partial charge in [-0.05, 0) is 25.2 Å². The van der Waals surface area contributed by atoms with Gasteiger partial charge in [0.15, 0.2) is 0 Å². The van der Waals surface area contributed by atoms with Crippen LogP contribution in [0.25, 0.3) is 0 Å². The zero-order valence-electron chi connectivity index (χ0n) is 12.7. The van der Waals surface area contributed by atoms with E-state index in [2.05, 4.69) is 15.3 Å². The molecule has 2 rings (SSSR count). The summed E-state index contributed by atoms with van der Waals surface area (Å²) in [5.74, 6) is 0.976. The van der Waals surface area contributed by atoms with Gasteiger partial charge in [-0.2, -0.15) is 4.31 Å². The Morgan fingerprint density at radius 3 is 2.43 bits per heavy atom. The Balaban J connectivity index is 2.09. The van der Waals surface area contributed by atoms with Crippen molar-refractivity contribution in [1.29, 1.82) is 0 Å². The van der Waals surface area contributed by atoms with Crippen LogP contribution in [-0.4, -0.2) is 42.3 Å². The molecule has 0 spiro atoms. The Kier molecular flexibility index (Phi) is 5.52. The lowest BCUT2D eigenvalue weighted by Crippen LogP contribution is -2.37. The molecule has 0 atom stereocenters. The van der Waals surface area contributed by atoms with Gasteiger partial charge < -0.3 is 5.32 Å². The molecular formula is C14H24N4O2S. The van der Waals surface area contributed by atoms with E-state index in [9.17, 15) is 8.42 Å². The molecule has 0 bridgehead atoms. The molecule has 0 saturated heterocycles. The number of nitrogens with zero attached hydrogens (tertiary/aromatic N) is 3. The number of hydrogen-bond acceptors (Lipinski definition) is 5. The molecule has 0 aromatic carbocycles. The molecule has 1 heterocycles. The van der Waals surface area contributed by atoms with Crippen molar-refractivity contribution in [3.05, 3.63) is 12.4 Å². The Morgan fingerprint density at radius 1 is 1.29 bits per heavy atom. The van der Waals surface area contributed by atoms with Crippen molar-refractivity contribution in [2.45, 2.75) is 44.4 Å². The number of rotatable bonds is 8. The maximum absolute atomic E-state index is 12.6.